The van der Waals surface area contributed by atoms with E-state index in [9.17, 15) is 9.59 Å². The van der Waals surface area contributed by atoms with Crippen LogP contribution in [0.5, 0.6) is 0 Å². The second-order valence-electron chi connectivity index (χ2n) is 4.18. The number of carbonyl (C=O) groups is 2. The molecule has 6 heteroatoms. The van der Waals surface area contributed by atoms with Crippen LogP contribution in [0.4, 0.5) is 0 Å². The van der Waals surface area contributed by atoms with Crippen LogP contribution in [0.3, 0.4) is 0 Å². The lowest BCUT2D eigenvalue weighted by Gasteiger charge is -2.06. The third kappa shape index (κ3) is 3.19. The van der Waals surface area contributed by atoms with Gasteiger partial charge in [0.25, 0.3) is 11.8 Å². The van der Waals surface area contributed by atoms with Crippen molar-refractivity contribution in [3.63, 3.8) is 0 Å². The standard InChI is InChI=1S/C13H14N4O2/c1-9-3-5-10(6-4-9)12(18)15-16-13(19)11-7-14-17(2)8-11/h3-8H,1-2H3,(H,15,18)(H,16,19). The normalized spacial score (nSPS) is 10.0. The van der Waals surface area contributed by atoms with E-state index in [2.05, 4.69) is 16.0 Å². The molecule has 0 saturated heterocycles. The molecule has 0 unspecified atom stereocenters. The Morgan fingerprint density at radius 1 is 1.05 bits per heavy atom. The van der Waals surface area contributed by atoms with Crippen LogP contribution in [0, 0.1) is 6.92 Å². The zero-order valence-electron chi connectivity index (χ0n) is 10.7. The number of hydrogen-bond acceptors (Lipinski definition) is 3. The summed E-state index contributed by atoms with van der Waals surface area (Å²) in [7, 11) is 1.71. The fraction of sp³-hybridized carbons (Fsp3) is 0.154. The molecule has 1 aromatic carbocycles. The highest BCUT2D eigenvalue weighted by Crippen LogP contribution is 2.02. The topological polar surface area (TPSA) is 76.0 Å². The van der Waals surface area contributed by atoms with Crippen LogP contribution >= 0.6 is 0 Å². The van der Waals surface area contributed by atoms with Gasteiger partial charge in [0.2, 0.25) is 0 Å². The van der Waals surface area contributed by atoms with Gasteiger partial charge in [-0.15, -0.1) is 0 Å². The van der Waals surface area contributed by atoms with Gasteiger partial charge in [0, 0.05) is 18.8 Å². The minimum Gasteiger partial charge on any atom is -0.275 e. The summed E-state index contributed by atoms with van der Waals surface area (Å²) in [5.41, 5.74) is 6.61. The lowest BCUT2D eigenvalue weighted by atomic mass is 10.1. The molecule has 0 aliphatic carbocycles. The van der Waals surface area contributed by atoms with Gasteiger partial charge in [0.05, 0.1) is 11.8 Å². The van der Waals surface area contributed by atoms with Gasteiger partial charge >= 0.3 is 0 Å². The third-order valence-corrected chi connectivity index (χ3v) is 2.57. The summed E-state index contributed by atoms with van der Waals surface area (Å²) >= 11 is 0. The van der Waals surface area contributed by atoms with E-state index in [1.807, 2.05) is 19.1 Å². The van der Waals surface area contributed by atoms with Gasteiger partial charge in [-0.05, 0) is 19.1 Å². The molecule has 0 saturated carbocycles. The van der Waals surface area contributed by atoms with Crippen LogP contribution in [-0.2, 0) is 7.05 Å². The summed E-state index contributed by atoms with van der Waals surface area (Å²) in [4.78, 5) is 23.4. The lowest BCUT2D eigenvalue weighted by Crippen LogP contribution is -2.41. The van der Waals surface area contributed by atoms with E-state index in [0.717, 1.165) is 5.56 Å². The number of aromatic nitrogens is 2. The van der Waals surface area contributed by atoms with Crippen molar-refractivity contribution in [3.8, 4) is 0 Å². The van der Waals surface area contributed by atoms with E-state index in [4.69, 9.17) is 0 Å². The molecule has 1 heterocycles. The van der Waals surface area contributed by atoms with Gasteiger partial charge in [-0.2, -0.15) is 5.10 Å². The first-order valence-electron chi connectivity index (χ1n) is 5.72. The molecule has 0 spiro atoms. The molecule has 0 atom stereocenters. The molecule has 2 aromatic rings. The fourth-order valence-electron chi connectivity index (χ4n) is 1.50. The average molecular weight is 258 g/mol. The molecular formula is C13H14N4O2. The monoisotopic (exact) mass is 258 g/mol. The molecule has 2 amide bonds. The van der Waals surface area contributed by atoms with E-state index >= 15 is 0 Å². The Morgan fingerprint density at radius 2 is 1.63 bits per heavy atom. The number of nitrogens with zero attached hydrogens (tertiary/aromatic N) is 2. The highest BCUT2D eigenvalue weighted by molar-refractivity contribution is 5.98. The van der Waals surface area contributed by atoms with Crippen molar-refractivity contribution in [2.45, 2.75) is 6.92 Å². The van der Waals surface area contributed by atoms with Crippen LogP contribution in [0.25, 0.3) is 0 Å². The molecule has 1 aromatic heterocycles. The molecule has 2 N–H and O–H groups in total. The van der Waals surface area contributed by atoms with Crippen LogP contribution < -0.4 is 10.9 Å². The van der Waals surface area contributed by atoms with Crippen molar-refractivity contribution in [1.29, 1.82) is 0 Å². The SMILES string of the molecule is Cc1ccc(C(=O)NNC(=O)c2cnn(C)c2)cc1. The Morgan fingerprint density at radius 3 is 2.16 bits per heavy atom. The maximum Gasteiger partial charge on any atom is 0.272 e. The van der Waals surface area contributed by atoms with Gasteiger partial charge in [0.15, 0.2) is 0 Å². The van der Waals surface area contributed by atoms with Crippen molar-refractivity contribution in [1.82, 2.24) is 20.6 Å². The van der Waals surface area contributed by atoms with E-state index in [0.29, 0.717) is 11.1 Å². The number of hydrogen-bond donors (Lipinski definition) is 2. The first-order chi connectivity index (χ1) is 9.06. The number of nitrogens with one attached hydrogen (secondary N) is 2. The van der Waals surface area contributed by atoms with Gasteiger partial charge in [-0.3, -0.25) is 25.1 Å². The Bertz CT molecular complexity index is 601. The molecule has 0 aliphatic rings. The Hall–Kier alpha value is -2.63. The molecule has 0 fully saturated rings. The predicted molar refractivity (Wildman–Crippen MR) is 69.3 cm³/mol. The van der Waals surface area contributed by atoms with Gasteiger partial charge in [-0.25, -0.2) is 0 Å². The molecule has 6 nitrogen and oxygen atoms in total. The van der Waals surface area contributed by atoms with E-state index < -0.39 is 5.91 Å². The minimum absolute atomic E-state index is 0.364. The summed E-state index contributed by atoms with van der Waals surface area (Å²) in [6.07, 6.45) is 2.99. The summed E-state index contributed by atoms with van der Waals surface area (Å²) in [5.74, 6) is -0.772. The van der Waals surface area contributed by atoms with Crippen molar-refractivity contribution < 1.29 is 9.59 Å². The van der Waals surface area contributed by atoms with Gasteiger partial charge in [-0.1, -0.05) is 17.7 Å². The van der Waals surface area contributed by atoms with Crippen molar-refractivity contribution in [2.24, 2.45) is 7.05 Å². The molecule has 0 bridgehead atoms. The van der Waals surface area contributed by atoms with Crippen molar-refractivity contribution >= 4 is 11.8 Å². The Kier molecular flexibility index (Phi) is 3.61. The minimum atomic E-state index is -0.409. The molecule has 0 radical (unpaired) electrons. The van der Waals surface area contributed by atoms with Crippen LogP contribution in [-0.4, -0.2) is 21.6 Å². The number of carbonyl (C=O) groups excluding carboxylic acids is 2. The van der Waals surface area contributed by atoms with Gasteiger partial charge in [0.1, 0.15) is 0 Å². The highest BCUT2D eigenvalue weighted by Gasteiger charge is 2.10. The quantitative estimate of drug-likeness (QED) is 0.782. The largest absolute Gasteiger partial charge is 0.275 e. The smallest absolute Gasteiger partial charge is 0.272 e. The summed E-state index contributed by atoms with van der Waals surface area (Å²) < 4.78 is 1.51. The van der Waals surface area contributed by atoms with E-state index in [1.165, 1.54) is 10.9 Å². The number of rotatable bonds is 2. The van der Waals surface area contributed by atoms with Crippen LogP contribution in [0.15, 0.2) is 36.7 Å². The third-order valence-electron chi connectivity index (χ3n) is 2.57. The fourth-order valence-corrected chi connectivity index (χ4v) is 1.50. The van der Waals surface area contributed by atoms with Crippen molar-refractivity contribution in [2.75, 3.05) is 0 Å². The van der Waals surface area contributed by atoms with Crippen molar-refractivity contribution in [3.05, 3.63) is 53.3 Å². The van der Waals surface area contributed by atoms with Crippen LogP contribution in [0.2, 0.25) is 0 Å². The average Bonchev–Trinajstić information content (AvgIpc) is 2.83. The maximum atomic E-state index is 11.8. The van der Waals surface area contributed by atoms with E-state index in [1.54, 1.807) is 25.4 Å². The Labute approximate surface area is 110 Å². The number of hydrazine groups is 1. The highest BCUT2D eigenvalue weighted by atomic mass is 16.2. The number of amides is 2. The number of benzene rings is 1. The summed E-state index contributed by atoms with van der Waals surface area (Å²) in [5, 5.41) is 3.88. The van der Waals surface area contributed by atoms with E-state index in [-0.39, 0.29) is 5.91 Å². The first kappa shape index (κ1) is 12.8. The van der Waals surface area contributed by atoms with Gasteiger partial charge < -0.3 is 0 Å². The lowest BCUT2D eigenvalue weighted by molar-refractivity contribution is 0.0846. The Balaban J connectivity index is 1.93. The first-order valence-corrected chi connectivity index (χ1v) is 5.72. The number of aryl methyl sites for hydroxylation is 2. The zero-order chi connectivity index (χ0) is 13.8. The van der Waals surface area contributed by atoms with Crippen LogP contribution in [0.1, 0.15) is 26.3 Å². The zero-order valence-corrected chi connectivity index (χ0v) is 10.7. The second kappa shape index (κ2) is 5.34. The molecule has 2 rings (SSSR count). The maximum absolute atomic E-state index is 11.8. The summed E-state index contributed by atoms with van der Waals surface area (Å²) in [6, 6.07) is 7.05. The predicted octanol–water partition coefficient (Wildman–Crippen LogP) is 0.803. The molecule has 0 aliphatic heterocycles. The summed E-state index contributed by atoms with van der Waals surface area (Å²) in [6.45, 7) is 1.94. The molecule has 19 heavy (non-hydrogen) atoms. The molecular weight excluding hydrogens is 244 g/mol. The molecule has 98 valence electrons. The second-order valence-corrected chi connectivity index (χ2v) is 4.18.